The van der Waals surface area contributed by atoms with Crippen LogP contribution in [0.15, 0.2) is 36.5 Å². The van der Waals surface area contributed by atoms with Crippen molar-refractivity contribution in [3.8, 4) is 0 Å². The Morgan fingerprint density at radius 2 is 2.06 bits per heavy atom. The molecule has 0 saturated heterocycles. The van der Waals surface area contributed by atoms with E-state index >= 15 is 0 Å². The van der Waals surface area contributed by atoms with Gasteiger partial charge >= 0.3 is 0 Å². The van der Waals surface area contributed by atoms with E-state index in [9.17, 15) is 4.39 Å². The summed E-state index contributed by atoms with van der Waals surface area (Å²) in [6, 6.07) is 8.13. The van der Waals surface area contributed by atoms with Crippen LogP contribution in [0.25, 0.3) is 0 Å². The molecule has 0 bridgehead atoms. The number of benzene rings is 1. The standard InChI is InChI=1S/C11H9FIN3/c12-7-3-4-9(8(13)6-7)16-10-2-1-5-15-11(10)14/h1-6,16H,(H2,14,15). The van der Waals surface area contributed by atoms with Crippen LogP contribution < -0.4 is 11.1 Å². The monoisotopic (exact) mass is 329 g/mol. The highest BCUT2D eigenvalue weighted by molar-refractivity contribution is 14.1. The Morgan fingerprint density at radius 3 is 2.75 bits per heavy atom. The van der Waals surface area contributed by atoms with Gasteiger partial charge in [-0.05, 0) is 52.9 Å². The molecule has 0 saturated carbocycles. The van der Waals surface area contributed by atoms with Crippen molar-refractivity contribution in [2.75, 3.05) is 11.1 Å². The molecule has 2 rings (SSSR count). The maximum atomic E-state index is 12.9. The molecule has 1 aromatic carbocycles. The second-order valence-electron chi connectivity index (χ2n) is 3.19. The van der Waals surface area contributed by atoms with Crippen LogP contribution in [-0.4, -0.2) is 4.98 Å². The number of anilines is 3. The van der Waals surface area contributed by atoms with Crippen LogP contribution in [0.3, 0.4) is 0 Å². The van der Waals surface area contributed by atoms with Crippen molar-refractivity contribution in [2.45, 2.75) is 0 Å². The molecule has 1 heterocycles. The van der Waals surface area contributed by atoms with Crippen LogP contribution in [0.1, 0.15) is 0 Å². The maximum absolute atomic E-state index is 12.9. The quantitative estimate of drug-likeness (QED) is 0.832. The number of halogens is 2. The zero-order valence-corrected chi connectivity index (χ0v) is 10.4. The third-order valence-electron chi connectivity index (χ3n) is 2.04. The summed E-state index contributed by atoms with van der Waals surface area (Å²) in [5.74, 6) is 0.164. The first-order valence-corrected chi connectivity index (χ1v) is 5.67. The number of hydrogen-bond acceptors (Lipinski definition) is 3. The largest absolute Gasteiger partial charge is 0.382 e. The van der Waals surface area contributed by atoms with Gasteiger partial charge < -0.3 is 11.1 Å². The molecular formula is C11H9FIN3. The Bertz CT molecular complexity index is 516. The van der Waals surface area contributed by atoms with Gasteiger partial charge in [0.2, 0.25) is 0 Å². The molecule has 1 aromatic heterocycles. The minimum absolute atomic E-state index is 0.255. The summed E-state index contributed by atoms with van der Waals surface area (Å²) >= 11 is 2.06. The predicted octanol–water partition coefficient (Wildman–Crippen LogP) is 3.15. The van der Waals surface area contributed by atoms with Gasteiger partial charge in [0.05, 0.1) is 11.4 Å². The Hall–Kier alpha value is -1.37. The number of hydrogen-bond donors (Lipinski definition) is 2. The molecular weight excluding hydrogens is 320 g/mol. The van der Waals surface area contributed by atoms with Crippen LogP contribution in [0, 0.1) is 9.39 Å². The molecule has 0 unspecified atom stereocenters. The van der Waals surface area contributed by atoms with Gasteiger partial charge in [0.15, 0.2) is 0 Å². The molecule has 0 aliphatic carbocycles. The molecule has 0 aliphatic rings. The van der Waals surface area contributed by atoms with Gasteiger partial charge in [-0.25, -0.2) is 9.37 Å². The Balaban J connectivity index is 2.31. The number of nitrogens with two attached hydrogens (primary N) is 1. The Morgan fingerprint density at radius 1 is 1.25 bits per heavy atom. The van der Waals surface area contributed by atoms with Gasteiger partial charge in [-0.15, -0.1) is 0 Å². The summed E-state index contributed by atoms with van der Waals surface area (Å²) in [6.45, 7) is 0. The molecule has 3 N–H and O–H groups in total. The zero-order valence-electron chi connectivity index (χ0n) is 8.24. The number of pyridine rings is 1. The molecule has 16 heavy (non-hydrogen) atoms. The van der Waals surface area contributed by atoms with Gasteiger partial charge in [-0.3, -0.25) is 0 Å². The van der Waals surface area contributed by atoms with Crippen molar-refractivity contribution < 1.29 is 4.39 Å². The third kappa shape index (κ3) is 2.41. The molecule has 3 nitrogen and oxygen atoms in total. The van der Waals surface area contributed by atoms with Gasteiger partial charge in [0.1, 0.15) is 11.6 Å². The van der Waals surface area contributed by atoms with E-state index in [1.165, 1.54) is 12.1 Å². The average Bonchev–Trinajstić information content (AvgIpc) is 2.25. The SMILES string of the molecule is Nc1ncccc1Nc1ccc(F)cc1I. The van der Waals surface area contributed by atoms with E-state index in [4.69, 9.17) is 5.73 Å². The summed E-state index contributed by atoms with van der Waals surface area (Å²) in [6.07, 6.45) is 1.62. The van der Waals surface area contributed by atoms with Crippen molar-refractivity contribution in [3.05, 3.63) is 45.9 Å². The van der Waals surface area contributed by atoms with Crippen LogP contribution in [0.2, 0.25) is 0 Å². The number of nitrogens with zero attached hydrogens (tertiary/aromatic N) is 1. The summed E-state index contributed by atoms with van der Waals surface area (Å²) in [4.78, 5) is 3.96. The lowest BCUT2D eigenvalue weighted by Gasteiger charge is -2.09. The summed E-state index contributed by atoms with van der Waals surface area (Å²) in [5.41, 5.74) is 7.22. The molecule has 5 heteroatoms. The Labute approximate surface area is 106 Å². The molecule has 2 aromatic rings. The fourth-order valence-electron chi connectivity index (χ4n) is 1.26. The van der Waals surface area contributed by atoms with E-state index < -0.39 is 0 Å². The van der Waals surface area contributed by atoms with E-state index in [0.717, 1.165) is 9.26 Å². The normalized spacial score (nSPS) is 10.1. The fraction of sp³-hybridized carbons (Fsp3) is 0. The number of aromatic nitrogens is 1. The van der Waals surface area contributed by atoms with Crippen molar-refractivity contribution in [3.63, 3.8) is 0 Å². The lowest BCUT2D eigenvalue weighted by atomic mass is 10.3. The van der Waals surface area contributed by atoms with Gasteiger partial charge in [-0.1, -0.05) is 0 Å². The van der Waals surface area contributed by atoms with E-state index in [-0.39, 0.29) is 5.82 Å². The van der Waals surface area contributed by atoms with Crippen molar-refractivity contribution in [1.29, 1.82) is 0 Å². The molecule has 82 valence electrons. The van der Waals surface area contributed by atoms with Gasteiger partial charge in [-0.2, -0.15) is 0 Å². The van der Waals surface area contributed by atoms with E-state index in [1.54, 1.807) is 18.3 Å². The van der Waals surface area contributed by atoms with Crippen molar-refractivity contribution >= 4 is 39.8 Å². The minimum atomic E-state index is -0.255. The fourth-order valence-corrected chi connectivity index (χ4v) is 1.87. The zero-order chi connectivity index (χ0) is 11.5. The number of rotatable bonds is 2. The summed E-state index contributed by atoms with van der Waals surface area (Å²) in [5, 5.41) is 3.11. The first kappa shape index (κ1) is 11.1. The second kappa shape index (κ2) is 4.65. The Kier molecular flexibility index (Phi) is 3.23. The highest BCUT2D eigenvalue weighted by atomic mass is 127. The van der Waals surface area contributed by atoms with Crippen LogP contribution in [0.4, 0.5) is 21.6 Å². The first-order chi connectivity index (χ1) is 7.66. The molecule has 0 aliphatic heterocycles. The smallest absolute Gasteiger partial charge is 0.147 e. The average molecular weight is 329 g/mol. The van der Waals surface area contributed by atoms with Crippen LogP contribution in [0.5, 0.6) is 0 Å². The summed E-state index contributed by atoms with van der Waals surface area (Å²) < 4.78 is 13.7. The van der Waals surface area contributed by atoms with E-state index in [1.807, 2.05) is 6.07 Å². The molecule has 0 amide bonds. The topological polar surface area (TPSA) is 50.9 Å². The minimum Gasteiger partial charge on any atom is -0.382 e. The second-order valence-corrected chi connectivity index (χ2v) is 4.35. The van der Waals surface area contributed by atoms with Crippen molar-refractivity contribution in [1.82, 2.24) is 4.98 Å². The first-order valence-electron chi connectivity index (χ1n) is 4.59. The lowest BCUT2D eigenvalue weighted by Crippen LogP contribution is -1.99. The van der Waals surface area contributed by atoms with E-state index in [0.29, 0.717) is 11.5 Å². The predicted molar refractivity (Wildman–Crippen MR) is 71.0 cm³/mol. The van der Waals surface area contributed by atoms with Crippen molar-refractivity contribution in [2.24, 2.45) is 0 Å². The lowest BCUT2D eigenvalue weighted by molar-refractivity contribution is 0.627. The molecule has 0 atom stereocenters. The molecule has 0 spiro atoms. The maximum Gasteiger partial charge on any atom is 0.147 e. The van der Waals surface area contributed by atoms with Crippen LogP contribution >= 0.6 is 22.6 Å². The van der Waals surface area contributed by atoms with Gasteiger partial charge in [0, 0.05) is 9.77 Å². The number of nitrogens with one attached hydrogen (secondary N) is 1. The van der Waals surface area contributed by atoms with E-state index in [2.05, 4.69) is 32.9 Å². The third-order valence-corrected chi connectivity index (χ3v) is 2.93. The van der Waals surface area contributed by atoms with Gasteiger partial charge in [0.25, 0.3) is 0 Å². The summed E-state index contributed by atoms with van der Waals surface area (Å²) in [7, 11) is 0. The highest BCUT2D eigenvalue weighted by Crippen LogP contribution is 2.25. The van der Waals surface area contributed by atoms with Crippen LogP contribution in [-0.2, 0) is 0 Å². The number of nitrogen functional groups attached to an aromatic ring is 1. The molecule has 0 fully saturated rings. The molecule has 0 radical (unpaired) electrons. The highest BCUT2D eigenvalue weighted by Gasteiger charge is 2.04.